The normalized spacial score (nSPS) is 24.9. The maximum atomic E-state index is 14.3. The number of imide groups is 1. The lowest BCUT2D eigenvalue weighted by molar-refractivity contribution is -0.137. The van der Waals surface area contributed by atoms with E-state index in [1.165, 1.54) is 13.2 Å². The number of amides is 4. The van der Waals surface area contributed by atoms with Crippen molar-refractivity contribution >= 4 is 18.0 Å². The Labute approximate surface area is 243 Å². The Morgan fingerprint density at radius 3 is 2.52 bits per heavy atom. The largest absolute Gasteiger partial charge is 0.466 e. The van der Waals surface area contributed by atoms with Gasteiger partial charge in [-0.3, -0.25) is 9.88 Å². The predicted molar refractivity (Wildman–Crippen MR) is 148 cm³/mol. The second-order valence-electron chi connectivity index (χ2n) is 10.9. The molecule has 0 unspecified atom stereocenters. The molecule has 1 aromatic carbocycles. The lowest BCUT2D eigenvalue weighted by atomic mass is 9.83. The Kier molecular flexibility index (Phi) is 9.12. The fourth-order valence-corrected chi connectivity index (χ4v) is 6.31. The number of rotatable bonds is 7. The Hall–Kier alpha value is -3.90. The van der Waals surface area contributed by atoms with Crippen LogP contribution in [0.1, 0.15) is 55.3 Å². The van der Waals surface area contributed by atoms with Gasteiger partial charge in [0.1, 0.15) is 6.04 Å². The van der Waals surface area contributed by atoms with E-state index in [1.807, 2.05) is 18.3 Å². The summed E-state index contributed by atoms with van der Waals surface area (Å²) in [5.41, 5.74) is 1.12. The molecule has 2 N–H and O–H groups in total. The minimum absolute atomic E-state index is 0.0330. The van der Waals surface area contributed by atoms with E-state index >= 15 is 0 Å². The monoisotopic (exact) mass is 583 g/mol. The van der Waals surface area contributed by atoms with Crippen LogP contribution in [0.5, 0.6) is 0 Å². The molecule has 1 saturated carbocycles. The summed E-state index contributed by atoms with van der Waals surface area (Å²) in [6.45, 7) is 1.24. The number of benzene rings is 1. The second kappa shape index (κ2) is 13.0. The molecule has 10 nitrogen and oxygen atoms in total. The molecule has 1 aromatic heterocycles. The van der Waals surface area contributed by atoms with Crippen LogP contribution < -0.4 is 10.6 Å². The van der Waals surface area contributed by atoms with Gasteiger partial charge in [0.15, 0.2) is 11.6 Å². The molecule has 0 radical (unpaired) electrons. The third-order valence-corrected chi connectivity index (χ3v) is 8.37. The van der Waals surface area contributed by atoms with Crippen LogP contribution in [0, 0.1) is 11.6 Å². The van der Waals surface area contributed by atoms with Crippen molar-refractivity contribution in [1.29, 1.82) is 0 Å². The molecule has 5 rings (SSSR count). The van der Waals surface area contributed by atoms with Gasteiger partial charge >= 0.3 is 18.0 Å². The molecular weight excluding hydrogens is 548 g/mol. The predicted octanol–water partition coefficient (Wildman–Crippen LogP) is 4.01. The summed E-state index contributed by atoms with van der Waals surface area (Å²) in [6.07, 6.45) is 6.68. The molecule has 2 aromatic rings. The lowest BCUT2D eigenvalue weighted by Crippen LogP contribution is -2.56. The zero-order chi connectivity index (χ0) is 29.8. The molecule has 2 aliphatic heterocycles. The van der Waals surface area contributed by atoms with E-state index < -0.39 is 35.7 Å². The third kappa shape index (κ3) is 6.14. The molecular formula is C30H35F2N5O5. The van der Waals surface area contributed by atoms with E-state index in [1.54, 1.807) is 0 Å². The number of halogens is 2. The number of likely N-dealkylation sites (tertiary alicyclic amines) is 1. The fraction of sp³-hybridized carbons (Fsp3) is 0.467. The Bertz CT molecular complexity index is 1350. The zero-order valence-electron chi connectivity index (χ0n) is 23.6. The van der Waals surface area contributed by atoms with Gasteiger partial charge in [-0.15, -0.1) is 0 Å². The van der Waals surface area contributed by atoms with E-state index in [0.717, 1.165) is 62.1 Å². The smallest absolute Gasteiger partial charge is 0.338 e. The number of methoxy groups -OCH3 is 2. The van der Waals surface area contributed by atoms with Crippen molar-refractivity contribution in [3.05, 3.63) is 76.8 Å². The van der Waals surface area contributed by atoms with Gasteiger partial charge in [-0.2, -0.15) is 0 Å². The number of ether oxygens (including phenoxy) is 2. The van der Waals surface area contributed by atoms with Crippen LogP contribution >= 0.6 is 0 Å². The summed E-state index contributed by atoms with van der Waals surface area (Å²) in [7, 11) is 2.52. The summed E-state index contributed by atoms with van der Waals surface area (Å²) >= 11 is 0. The zero-order valence-corrected chi connectivity index (χ0v) is 23.6. The molecule has 3 aliphatic rings. The number of carbonyl (C=O) groups is 3. The number of hydrogen-bond donors (Lipinski definition) is 2. The highest BCUT2D eigenvalue weighted by molar-refractivity contribution is 6.01. The highest BCUT2D eigenvalue weighted by Crippen LogP contribution is 2.37. The molecule has 12 heteroatoms. The average molecular weight is 584 g/mol. The third-order valence-electron chi connectivity index (χ3n) is 8.37. The molecule has 2 atom stereocenters. The van der Waals surface area contributed by atoms with E-state index in [9.17, 15) is 23.2 Å². The first-order chi connectivity index (χ1) is 20.3. The first-order valence-corrected chi connectivity index (χ1v) is 14.1. The topological polar surface area (TPSA) is 113 Å². The summed E-state index contributed by atoms with van der Waals surface area (Å²) in [5.74, 6) is -2.68. The van der Waals surface area contributed by atoms with Crippen molar-refractivity contribution < 1.29 is 32.6 Å². The molecule has 42 heavy (non-hydrogen) atoms. The maximum absolute atomic E-state index is 14.3. The maximum Gasteiger partial charge on any atom is 0.338 e. The van der Waals surface area contributed by atoms with Gasteiger partial charge in [0.05, 0.1) is 25.0 Å². The quantitative estimate of drug-likeness (QED) is 0.474. The summed E-state index contributed by atoms with van der Waals surface area (Å²) in [5, 5.41) is 5.47. The number of pyridine rings is 1. The number of esters is 1. The highest BCUT2D eigenvalue weighted by Gasteiger charge is 2.44. The van der Waals surface area contributed by atoms with Crippen molar-refractivity contribution in [2.45, 2.75) is 56.1 Å². The van der Waals surface area contributed by atoms with Crippen LogP contribution in [0.4, 0.5) is 18.4 Å². The van der Waals surface area contributed by atoms with Gasteiger partial charge in [-0.05, 0) is 61.9 Å². The van der Waals surface area contributed by atoms with Crippen LogP contribution in [-0.2, 0) is 14.3 Å². The van der Waals surface area contributed by atoms with Crippen LogP contribution in [0.3, 0.4) is 0 Å². The molecule has 0 spiro atoms. The Balaban J connectivity index is 1.31. The summed E-state index contributed by atoms with van der Waals surface area (Å²) in [6, 6.07) is 6.20. The number of urea groups is 2. The van der Waals surface area contributed by atoms with Crippen LogP contribution in [0.15, 0.2) is 53.9 Å². The Morgan fingerprint density at radius 2 is 1.86 bits per heavy atom. The van der Waals surface area contributed by atoms with Gasteiger partial charge in [-0.1, -0.05) is 12.1 Å². The highest BCUT2D eigenvalue weighted by atomic mass is 19.2. The van der Waals surface area contributed by atoms with Crippen LogP contribution in [0.25, 0.3) is 0 Å². The number of aromatic nitrogens is 1. The Morgan fingerprint density at radius 1 is 1.07 bits per heavy atom. The van der Waals surface area contributed by atoms with Gasteiger partial charge < -0.3 is 20.1 Å². The SMILES string of the molecule is COCC1=C(C(=O)OC)[C@H](c2ccc(F)c(F)c2)N(C(=O)N[C@@H]2CCN([C@H]3CC[C@H](c4ccccn4)CC3)C2)C(=O)N1. The van der Waals surface area contributed by atoms with E-state index in [-0.39, 0.29) is 29.5 Å². The minimum atomic E-state index is -1.37. The first kappa shape index (κ1) is 29.6. The van der Waals surface area contributed by atoms with Crippen molar-refractivity contribution in [3.63, 3.8) is 0 Å². The van der Waals surface area contributed by atoms with Crippen molar-refractivity contribution in [3.8, 4) is 0 Å². The van der Waals surface area contributed by atoms with Gasteiger partial charge in [0.2, 0.25) is 0 Å². The van der Waals surface area contributed by atoms with Crippen LogP contribution in [-0.4, -0.2) is 78.8 Å². The second-order valence-corrected chi connectivity index (χ2v) is 10.9. The molecule has 4 amide bonds. The van der Waals surface area contributed by atoms with E-state index in [0.29, 0.717) is 24.9 Å². The molecule has 224 valence electrons. The van der Waals surface area contributed by atoms with Gasteiger partial charge in [0, 0.05) is 50.1 Å². The standard InChI is InChI=1S/C30H35F2N5O5/c1-41-17-25-26(28(38)42-2)27(19-8-11-22(31)23(32)15-19)37(30(40)35-25)29(39)34-20-12-14-36(16-20)21-9-6-18(7-10-21)24-5-3-4-13-33-24/h3-5,8,11,13,15,18,20-21,27H,6-7,9-10,12,14,16-17H2,1-2H3,(H,34,39)(H,35,40)/t18-,20-,21-,27+/m1/s1. The number of nitrogens with one attached hydrogen (secondary N) is 2. The van der Waals surface area contributed by atoms with Crippen LogP contribution in [0.2, 0.25) is 0 Å². The fourth-order valence-electron chi connectivity index (χ4n) is 6.31. The van der Waals surface area contributed by atoms with E-state index in [4.69, 9.17) is 9.47 Å². The molecule has 3 heterocycles. The number of hydrogen-bond acceptors (Lipinski definition) is 7. The molecule has 2 fully saturated rings. The summed E-state index contributed by atoms with van der Waals surface area (Å²) in [4.78, 5) is 47.6. The first-order valence-electron chi connectivity index (χ1n) is 14.1. The van der Waals surface area contributed by atoms with Crippen molar-refractivity contribution in [2.24, 2.45) is 0 Å². The average Bonchev–Trinajstić information content (AvgIpc) is 3.47. The number of nitrogens with zero attached hydrogens (tertiary/aromatic N) is 3. The molecule has 0 bridgehead atoms. The summed E-state index contributed by atoms with van der Waals surface area (Å²) < 4.78 is 38.2. The van der Waals surface area contributed by atoms with Crippen molar-refractivity contribution in [1.82, 2.24) is 25.4 Å². The number of carbonyl (C=O) groups excluding carboxylic acids is 3. The van der Waals surface area contributed by atoms with Crippen molar-refractivity contribution in [2.75, 3.05) is 33.9 Å². The van der Waals surface area contributed by atoms with E-state index in [2.05, 4.69) is 26.6 Å². The minimum Gasteiger partial charge on any atom is -0.466 e. The van der Waals surface area contributed by atoms with Gasteiger partial charge in [-0.25, -0.2) is 28.1 Å². The lowest BCUT2D eigenvalue weighted by Gasteiger charge is -2.37. The molecule has 1 aliphatic carbocycles. The molecule has 1 saturated heterocycles. The van der Waals surface area contributed by atoms with Gasteiger partial charge in [0.25, 0.3) is 0 Å².